The normalized spacial score (nSPS) is 25.4. The molecule has 0 radical (unpaired) electrons. The van der Waals surface area contributed by atoms with E-state index >= 15 is 0 Å². The third-order valence-electron chi connectivity index (χ3n) is 8.17. The van der Waals surface area contributed by atoms with E-state index in [2.05, 4.69) is 85.3 Å². The van der Waals surface area contributed by atoms with E-state index in [9.17, 15) is 5.26 Å². The van der Waals surface area contributed by atoms with Gasteiger partial charge in [-0.2, -0.15) is 5.26 Å². The summed E-state index contributed by atoms with van der Waals surface area (Å²) in [6.45, 7) is 10.7. The zero-order chi connectivity index (χ0) is 29.8. The molecule has 0 aliphatic carbocycles. The highest BCUT2D eigenvalue weighted by Crippen LogP contribution is 2.52. The van der Waals surface area contributed by atoms with Crippen LogP contribution in [0.25, 0.3) is 10.9 Å². The average Bonchev–Trinajstić information content (AvgIpc) is 3.64. The van der Waals surface area contributed by atoms with Gasteiger partial charge in [0.05, 0.1) is 17.0 Å². The molecular formula is C32H35N3O4S2Si. The third-order valence-corrected chi connectivity index (χ3v) is 15.0. The zero-order valence-electron chi connectivity index (χ0n) is 24.7. The lowest BCUT2D eigenvalue weighted by Gasteiger charge is -2.43. The Kier molecular flexibility index (Phi) is 7.59. The number of thiophene rings is 1. The van der Waals surface area contributed by atoms with E-state index < -0.39 is 38.0 Å². The smallest absolute Gasteiger partial charge is 0.261 e. The Labute approximate surface area is 256 Å². The van der Waals surface area contributed by atoms with Gasteiger partial charge in [-0.3, -0.25) is 0 Å². The molecule has 7 nitrogen and oxygen atoms in total. The fraction of sp³-hybridized carbons (Fsp3) is 0.406. The van der Waals surface area contributed by atoms with Crippen LogP contribution in [0.1, 0.15) is 39.5 Å². The summed E-state index contributed by atoms with van der Waals surface area (Å²) in [5, 5.41) is 16.8. The maximum absolute atomic E-state index is 10.8. The zero-order valence-corrected chi connectivity index (χ0v) is 27.3. The van der Waals surface area contributed by atoms with Crippen molar-refractivity contribution in [3.05, 3.63) is 77.2 Å². The van der Waals surface area contributed by atoms with Crippen molar-refractivity contribution in [2.24, 2.45) is 0 Å². The van der Waals surface area contributed by atoms with Crippen LogP contribution in [0, 0.1) is 11.3 Å². The summed E-state index contributed by atoms with van der Waals surface area (Å²) in [5.74, 6) is -0.886. The van der Waals surface area contributed by atoms with Crippen molar-refractivity contribution in [3.63, 3.8) is 0 Å². The SMILES string of the molecule is CSc1ncnc2c([C@]3(C#N)O[C@H](CO[Si](c4ccccc4)(c4ccccc4)C(C)(C)C)[C@H]4OC(C)(C)O[C@H]43)scc12. The van der Waals surface area contributed by atoms with Gasteiger partial charge in [-0.1, -0.05) is 81.4 Å². The molecule has 2 aliphatic rings. The van der Waals surface area contributed by atoms with Gasteiger partial charge in [0, 0.05) is 10.8 Å². The Morgan fingerprint density at radius 3 is 2.21 bits per heavy atom. The molecule has 0 N–H and O–H groups in total. The fourth-order valence-electron chi connectivity index (χ4n) is 6.44. The minimum atomic E-state index is -2.86. The number of hydrogen-bond acceptors (Lipinski definition) is 9. The first kappa shape index (κ1) is 29.4. The number of hydrogen-bond donors (Lipinski definition) is 0. The summed E-state index contributed by atoms with van der Waals surface area (Å²) in [6, 6.07) is 23.5. The van der Waals surface area contributed by atoms with Crippen molar-refractivity contribution >= 4 is 52.7 Å². The molecule has 4 aromatic rings. The molecule has 2 saturated heterocycles. The van der Waals surface area contributed by atoms with Crippen LogP contribution in [0.2, 0.25) is 5.04 Å². The van der Waals surface area contributed by atoms with Crippen LogP contribution in [-0.4, -0.2) is 55.2 Å². The first-order valence-corrected chi connectivity index (χ1v) is 18.0. The predicted octanol–water partition coefficient (Wildman–Crippen LogP) is 5.63. The number of ether oxygens (including phenoxy) is 3. The average molecular weight is 618 g/mol. The number of nitriles is 1. The van der Waals surface area contributed by atoms with Crippen LogP contribution in [0.15, 0.2) is 77.4 Å². The maximum atomic E-state index is 10.8. The minimum Gasteiger partial charge on any atom is -0.405 e. The van der Waals surface area contributed by atoms with Gasteiger partial charge in [0.2, 0.25) is 5.60 Å². The van der Waals surface area contributed by atoms with E-state index in [1.54, 1.807) is 18.1 Å². The quantitative estimate of drug-likeness (QED) is 0.150. The van der Waals surface area contributed by atoms with E-state index in [0.29, 0.717) is 10.4 Å². The van der Waals surface area contributed by atoms with Gasteiger partial charge in [0.25, 0.3) is 8.32 Å². The number of nitrogens with zero attached hydrogens (tertiary/aromatic N) is 3. The monoisotopic (exact) mass is 617 g/mol. The van der Waals surface area contributed by atoms with Crippen molar-refractivity contribution in [1.29, 1.82) is 5.26 Å². The highest BCUT2D eigenvalue weighted by atomic mass is 32.2. The largest absolute Gasteiger partial charge is 0.405 e. The van der Waals surface area contributed by atoms with Crippen molar-refractivity contribution in [2.75, 3.05) is 12.9 Å². The predicted molar refractivity (Wildman–Crippen MR) is 169 cm³/mol. The molecule has 0 amide bonds. The van der Waals surface area contributed by atoms with Gasteiger partial charge in [0.15, 0.2) is 5.79 Å². The lowest BCUT2D eigenvalue weighted by atomic mass is 9.93. The summed E-state index contributed by atoms with van der Waals surface area (Å²) >= 11 is 3.00. The minimum absolute atomic E-state index is 0.207. The topological polar surface area (TPSA) is 86.5 Å². The molecular weight excluding hydrogens is 583 g/mol. The van der Waals surface area contributed by atoms with Gasteiger partial charge in [-0.05, 0) is 35.5 Å². The van der Waals surface area contributed by atoms with Crippen molar-refractivity contribution < 1.29 is 18.6 Å². The molecule has 4 heterocycles. The Balaban J connectivity index is 1.43. The first-order valence-electron chi connectivity index (χ1n) is 14.0. The van der Waals surface area contributed by atoms with Crippen LogP contribution in [0.4, 0.5) is 0 Å². The molecule has 2 aromatic heterocycles. The highest BCUT2D eigenvalue weighted by Gasteiger charge is 2.66. The number of fused-ring (bicyclic) bond motifs is 2. The standard InChI is InChI=1S/C32H35N3O4S2Si/c1-30(2,3)42(21-13-9-7-10-14-21,22-15-11-8-12-16-22)36-17-24-26-27(39-31(4,5)38-26)32(19-33,37-24)28-25-23(18-41-28)29(40-6)35-20-34-25/h7-16,18,20,24,26-27H,17H2,1-6H3/t24-,26-,27-,32-/m1/s1. The van der Waals surface area contributed by atoms with Crippen LogP contribution < -0.4 is 10.4 Å². The molecule has 42 heavy (non-hydrogen) atoms. The number of rotatable bonds is 7. The van der Waals surface area contributed by atoms with Gasteiger partial charge in [-0.25, -0.2) is 9.97 Å². The molecule has 0 unspecified atom stereocenters. The van der Waals surface area contributed by atoms with E-state index in [0.717, 1.165) is 10.4 Å². The number of benzene rings is 2. The Hall–Kier alpha value is -2.62. The number of thioether (sulfide) groups is 1. The lowest BCUT2D eigenvalue weighted by Crippen LogP contribution is -2.67. The van der Waals surface area contributed by atoms with Crippen molar-refractivity contribution in [1.82, 2.24) is 9.97 Å². The van der Waals surface area contributed by atoms with Gasteiger partial charge >= 0.3 is 0 Å². The second-order valence-electron chi connectivity index (χ2n) is 12.2. The molecule has 0 bridgehead atoms. The van der Waals surface area contributed by atoms with E-state index in [1.807, 2.05) is 37.6 Å². The van der Waals surface area contributed by atoms with Crippen LogP contribution in [0.3, 0.4) is 0 Å². The summed E-state index contributed by atoms with van der Waals surface area (Å²) in [6.07, 6.45) is 1.82. The molecule has 0 saturated carbocycles. The summed E-state index contributed by atoms with van der Waals surface area (Å²) in [4.78, 5) is 9.72. The molecule has 2 aliphatic heterocycles. The molecule has 2 fully saturated rings. The molecule has 218 valence electrons. The van der Waals surface area contributed by atoms with Crippen LogP contribution in [0.5, 0.6) is 0 Å². The van der Waals surface area contributed by atoms with Crippen molar-refractivity contribution in [3.8, 4) is 6.07 Å². The first-order chi connectivity index (χ1) is 20.1. The molecule has 0 spiro atoms. The summed E-state index contributed by atoms with van der Waals surface area (Å²) in [5.41, 5.74) is -0.699. The van der Waals surface area contributed by atoms with E-state index in [-0.39, 0.29) is 11.6 Å². The Morgan fingerprint density at radius 1 is 1.00 bits per heavy atom. The number of aromatic nitrogens is 2. The van der Waals surface area contributed by atoms with Gasteiger partial charge < -0.3 is 18.6 Å². The Morgan fingerprint density at radius 2 is 1.64 bits per heavy atom. The fourth-order valence-corrected chi connectivity index (χ4v) is 12.7. The van der Waals surface area contributed by atoms with Gasteiger partial charge in [0.1, 0.15) is 35.7 Å². The third kappa shape index (κ3) is 4.63. The van der Waals surface area contributed by atoms with Gasteiger partial charge in [-0.15, -0.1) is 23.1 Å². The maximum Gasteiger partial charge on any atom is 0.261 e. The molecule has 10 heteroatoms. The Bertz CT molecular complexity index is 1580. The molecule has 6 rings (SSSR count). The second-order valence-corrected chi connectivity index (χ2v) is 18.2. The summed E-state index contributed by atoms with van der Waals surface area (Å²) < 4.78 is 27.0. The molecule has 4 atom stereocenters. The summed E-state index contributed by atoms with van der Waals surface area (Å²) in [7, 11) is -2.86. The van der Waals surface area contributed by atoms with Crippen LogP contribution in [-0.2, 0) is 24.2 Å². The second kappa shape index (κ2) is 10.8. The lowest BCUT2D eigenvalue weighted by molar-refractivity contribution is -0.202. The van der Waals surface area contributed by atoms with Crippen LogP contribution >= 0.6 is 23.1 Å². The highest BCUT2D eigenvalue weighted by molar-refractivity contribution is 7.98. The van der Waals surface area contributed by atoms with E-state index in [1.165, 1.54) is 21.7 Å². The van der Waals surface area contributed by atoms with Crippen molar-refractivity contribution in [2.45, 2.75) is 74.4 Å². The van der Waals surface area contributed by atoms with E-state index in [4.69, 9.17) is 18.6 Å². The molecule has 2 aromatic carbocycles.